The number of nitrogens with two attached hydrogens (primary N) is 1. The van der Waals surface area contributed by atoms with E-state index in [0.29, 0.717) is 5.41 Å². The van der Waals surface area contributed by atoms with Gasteiger partial charge in [-0.15, -0.1) is 0 Å². The van der Waals surface area contributed by atoms with E-state index < -0.39 is 0 Å². The highest BCUT2D eigenvalue weighted by Gasteiger charge is 2.56. The van der Waals surface area contributed by atoms with Crippen molar-refractivity contribution in [1.82, 2.24) is 0 Å². The Kier molecular flexibility index (Phi) is 3.37. The third-order valence-electron chi connectivity index (χ3n) is 6.86. The molecule has 0 spiro atoms. The highest BCUT2D eigenvalue weighted by molar-refractivity contribution is 5.33. The summed E-state index contributed by atoms with van der Waals surface area (Å²) in [6.07, 6.45) is 10.1. The molecule has 0 aliphatic heterocycles. The lowest BCUT2D eigenvalue weighted by molar-refractivity contribution is -0.0808. The lowest BCUT2D eigenvalue weighted by Crippen LogP contribution is -2.51. The second kappa shape index (κ2) is 5.12. The molecule has 0 saturated heterocycles. The first-order valence-electron chi connectivity index (χ1n) is 8.97. The molecule has 4 bridgehead atoms. The molecule has 4 aliphatic carbocycles. The fourth-order valence-electron chi connectivity index (χ4n) is 6.54. The van der Waals surface area contributed by atoms with Crippen molar-refractivity contribution in [2.24, 2.45) is 28.9 Å². The van der Waals surface area contributed by atoms with Crippen molar-refractivity contribution < 1.29 is 0 Å². The van der Waals surface area contributed by atoms with E-state index in [1.807, 2.05) is 0 Å². The molecule has 1 heteroatoms. The maximum atomic E-state index is 5.87. The van der Waals surface area contributed by atoms with Crippen LogP contribution in [0.4, 0.5) is 0 Å². The Morgan fingerprint density at radius 1 is 1.10 bits per heavy atom. The lowest BCUT2D eigenvalue weighted by atomic mass is 9.43. The fraction of sp³-hybridized carbons (Fsp3) is 0.700. The summed E-state index contributed by atoms with van der Waals surface area (Å²) in [5.41, 5.74) is 9.64. The number of aryl methyl sites for hydroxylation is 1. The molecule has 4 fully saturated rings. The maximum Gasteiger partial charge on any atom is -0.00740 e. The molecule has 4 saturated carbocycles. The van der Waals surface area contributed by atoms with Crippen LogP contribution in [-0.2, 0) is 0 Å². The number of rotatable bonds is 4. The monoisotopic (exact) mass is 283 g/mol. The highest BCUT2D eigenvalue weighted by Crippen LogP contribution is 2.67. The van der Waals surface area contributed by atoms with Crippen LogP contribution in [0.3, 0.4) is 0 Å². The van der Waals surface area contributed by atoms with E-state index in [1.165, 1.54) is 50.5 Å². The van der Waals surface area contributed by atoms with Gasteiger partial charge in [0, 0.05) is 0 Å². The molecule has 1 aromatic carbocycles. The smallest absolute Gasteiger partial charge is 0.00740 e. The van der Waals surface area contributed by atoms with Gasteiger partial charge in [0.15, 0.2) is 0 Å². The Morgan fingerprint density at radius 2 is 1.81 bits per heavy atom. The van der Waals surface area contributed by atoms with Crippen molar-refractivity contribution in [2.75, 3.05) is 6.54 Å². The molecule has 0 heterocycles. The van der Waals surface area contributed by atoms with Gasteiger partial charge in [0.25, 0.3) is 0 Å². The average Bonchev–Trinajstić information content (AvgIpc) is 2.46. The average molecular weight is 283 g/mol. The summed E-state index contributed by atoms with van der Waals surface area (Å²) in [5.74, 6) is 3.83. The first-order chi connectivity index (χ1) is 10.2. The summed E-state index contributed by atoms with van der Waals surface area (Å²) in [5, 5.41) is 0. The van der Waals surface area contributed by atoms with E-state index in [4.69, 9.17) is 5.73 Å². The van der Waals surface area contributed by atoms with Crippen molar-refractivity contribution in [3.05, 3.63) is 35.4 Å². The molecule has 2 N–H and O–H groups in total. The van der Waals surface area contributed by atoms with Gasteiger partial charge in [-0.05, 0) is 98.6 Å². The summed E-state index contributed by atoms with van der Waals surface area (Å²) < 4.78 is 0. The summed E-state index contributed by atoms with van der Waals surface area (Å²) in [6, 6.07) is 9.19. The second-order valence-electron chi connectivity index (χ2n) is 8.20. The van der Waals surface area contributed by atoms with Crippen LogP contribution in [-0.4, -0.2) is 6.54 Å². The SMILES string of the molecule is Cc1ccccc1C1C2CC3CC(C2)CC1(CCCN)C3. The van der Waals surface area contributed by atoms with Crippen LogP contribution in [0.5, 0.6) is 0 Å². The van der Waals surface area contributed by atoms with E-state index >= 15 is 0 Å². The first-order valence-corrected chi connectivity index (χ1v) is 8.97. The molecule has 0 amide bonds. The highest BCUT2D eigenvalue weighted by atomic mass is 14.6. The molecule has 21 heavy (non-hydrogen) atoms. The van der Waals surface area contributed by atoms with Gasteiger partial charge in [0.1, 0.15) is 0 Å². The van der Waals surface area contributed by atoms with Crippen LogP contribution in [0.25, 0.3) is 0 Å². The predicted molar refractivity (Wildman–Crippen MR) is 88.2 cm³/mol. The summed E-state index contributed by atoms with van der Waals surface area (Å²) in [4.78, 5) is 0. The zero-order valence-corrected chi connectivity index (χ0v) is 13.4. The Morgan fingerprint density at radius 3 is 2.48 bits per heavy atom. The van der Waals surface area contributed by atoms with E-state index in [0.717, 1.165) is 30.2 Å². The number of hydrogen-bond donors (Lipinski definition) is 1. The van der Waals surface area contributed by atoms with Crippen molar-refractivity contribution in [3.8, 4) is 0 Å². The number of hydrogen-bond acceptors (Lipinski definition) is 1. The molecular weight excluding hydrogens is 254 g/mol. The van der Waals surface area contributed by atoms with E-state index in [-0.39, 0.29) is 0 Å². The Hall–Kier alpha value is -0.820. The topological polar surface area (TPSA) is 26.0 Å². The minimum atomic E-state index is 0.584. The van der Waals surface area contributed by atoms with Gasteiger partial charge in [0.2, 0.25) is 0 Å². The predicted octanol–water partition coefficient (Wildman–Crippen LogP) is 4.64. The van der Waals surface area contributed by atoms with Crippen LogP contribution in [0, 0.1) is 30.1 Å². The minimum Gasteiger partial charge on any atom is -0.330 e. The van der Waals surface area contributed by atoms with Gasteiger partial charge in [-0.25, -0.2) is 0 Å². The fourth-order valence-corrected chi connectivity index (χ4v) is 6.54. The third kappa shape index (κ3) is 2.16. The van der Waals surface area contributed by atoms with Crippen molar-refractivity contribution in [3.63, 3.8) is 0 Å². The third-order valence-corrected chi connectivity index (χ3v) is 6.86. The molecule has 1 aromatic rings. The summed E-state index contributed by atoms with van der Waals surface area (Å²) in [7, 11) is 0. The molecule has 4 aliphatic rings. The zero-order valence-electron chi connectivity index (χ0n) is 13.4. The van der Waals surface area contributed by atoms with Crippen LogP contribution in [0.2, 0.25) is 0 Å². The molecular formula is C20H29N. The Bertz CT molecular complexity index is 506. The Balaban J connectivity index is 1.74. The van der Waals surface area contributed by atoms with Crippen LogP contribution >= 0.6 is 0 Å². The second-order valence-corrected chi connectivity index (χ2v) is 8.20. The van der Waals surface area contributed by atoms with Gasteiger partial charge in [0.05, 0.1) is 0 Å². The van der Waals surface area contributed by atoms with Crippen molar-refractivity contribution >= 4 is 0 Å². The summed E-state index contributed by atoms with van der Waals surface area (Å²) >= 11 is 0. The standard InChI is InChI=1S/C20H29N/c1-14-5-2-3-6-18(14)19-17-10-15-9-16(11-17)13-20(19,12-15)7-4-8-21/h2-3,5-6,15-17,19H,4,7-13,21H2,1H3. The van der Waals surface area contributed by atoms with Gasteiger partial charge in [-0.3, -0.25) is 0 Å². The van der Waals surface area contributed by atoms with Crippen LogP contribution in [0.1, 0.15) is 62.0 Å². The van der Waals surface area contributed by atoms with E-state index in [2.05, 4.69) is 31.2 Å². The van der Waals surface area contributed by atoms with Crippen LogP contribution < -0.4 is 5.73 Å². The zero-order chi connectivity index (χ0) is 14.4. The van der Waals surface area contributed by atoms with Crippen molar-refractivity contribution in [2.45, 2.75) is 57.8 Å². The normalized spacial score (nSPS) is 40.7. The molecule has 3 unspecified atom stereocenters. The molecule has 5 rings (SSSR count). The van der Waals surface area contributed by atoms with Crippen molar-refractivity contribution in [1.29, 1.82) is 0 Å². The van der Waals surface area contributed by atoms with E-state index in [9.17, 15) is 0 Å². The van der Waals surface area contributed by atoms with Gasteiger partial charge in [-0.2, -0.15) is 0 Å². The van der Waals surface area contributed by atoms with Gasteiger partial charge < -0.3 is 5.73 Å². The molecule has 0 radical (unpaired) electrons. The maximum absolute atomic E-state index is 5.87. The van der Waals surface area contributed by atoms with Crippen LogP contribution in [0.15, 0.2) is 24.3 Å². The number of benzene rings is 1. The lowest BCUT2D eigenvalue weighted by Gasteiger charge is -2.62. The van der Waals surface area contributed by atoms with Gasteiger partial charge >= 0.3 is 0 Å². The molecule has 0 aromatic heterocycles. The Labute approximate surface area is 129 Å². The molecule has 1 nitrogen and oxygen atoms in total. The van der Waals surface area contributed by atoms with Gasteiger partial charge in [-0.1, -0.05) is 24.3 Å². The van der Waals surface area contributed by atoms with E-state index in [1.54, 1.807) is 5.56 Å². The molecule has 114 valence electrons. The summed E-state index contributed by atoms with van der Waals surface area (Å²) in [6.45, 7) is 3.18. The molecule has 3 atom stereocenters. The largest absolute Gasteiger partial charge is 0.330 e. The first kappa shape index (κ1) is 13.8. The minimum absolute atomic E-state index is 0.584. The quantitative estimate of drug-likeness (QED) is 0.855.